The summed E-state index contributed by atoms with van der Waals surface area (Å²) in [6.45, 7) is 0.110. The molecule has 0 radical (unpaired) electrons. The highest BCUT2D eigenvalue weighted by Crippen LogP contribution is 2.26. The number of carbonyl (C=O) groups is 2. The van der Waals surface area contributed by atoms with E-state index in [4.69, 9.17) is 0 Å². The van der Waals surface area contributed by atoms with Crippen LogP contribution >= 0.6 is 0 Å². The number of rotatable bonds is 3. The molecule has 3 rings (SSSR count). The van der Waals surface area contributed by atoms with E-state index < -0.39 is 29.3 Å². The van der Waals surface area contributed by atoms with Crippen molar-refractivity contribution in [1.29, 1.82) is 0 Å². The summed E-state index contributed by atoms with van der Waals surface area (Å²) >= 11 is 0. The summed E-state index contributed by atoms with van der Waals surface area (Å²) in [6, 6.07) is 8.18. The van der Waals surface area contributed by atoms with Gasteiger partial charge in [-0.2, -0.15) is 0 Å². The Labute approximate surface area is 135 Å². The lowest BCUT2D eigenvalue weighted by Gasteiger charge is -2.16. The van der Waals surface area contributed by atoms with Gasteiger partial charge in [-0.05, 0) is 36.4 Å². The Morgan fingerprint density at radius 2 is 1.71 bits per heavy atom. The van der Waals surface area contributed by atoms with Crippen molar-refractivity contribution >= 4 is 23.2 Å². The SMILES string of the molecule is O=C(Nc1ccc(F)cc1F)C1CC(=O)N(c2ccc(F)cc2)C1. The third-order valence-electron chi connectivity index (χ3n) is 3.82. The zero-order valence-electron chi connectivity index (χ0n) is 12.4. The Hall–Kier alpha value is -2.83. The molecule has 1 saturated heterocycles. The van der Waals surface area contributed by atoms with Gasteiger partial charge in [0.15, 0.2) is 0 Å². The fourth-order valence-electron chi connectivity index (χ4n) is 2.58. The van der Waals surface area contributed by atoms with Gasteiger partial charge in [0, 0.05) is 24.7 Å². The van der Waals surface area contributed by atoms with E-state index in [9.17, 15) is 22.8 Å². The summed E-state index contributed by atoms with van der Waals surface area (Å²) in [7, 11) is 0. The number of amides is 2. The van der Waals surface area contributed by atoms with Crippen LogP contribution in [0.1, 0.15) is 6.42 Å². The lowest BCUT2D eigenvalue weighted by Crippen LogP contribution is -2.28. The van der Waals surface area contributed by atoms with Crippen LogP contribution in [0.5, 0.6) is 0 Å². The molecular weight excluding hydrogens is 321 g/mol. The first kappa shape index (κ1) is 16.0. The van der Waals surface area contributed by atoms with E-state index in [1.807, 2.05) is 0 Å². The molecule has 1 heterocycles. The molecule has 1 unspecified atom stereocenters. The van der Waals surface area contributed by atoms with Crippen molar-refractivity contribution in [2.75, 3.05) is 16.8 Å². The molecule has 7 heteroatoms. The maximum atomic E-state index is 13.6. The number of benzene rings is 2. The lowest BCUT2D eigenvalue weighted by molar-refractivity contribution is -0.122. The zero-order chi connectivity index (χ0) is 17.3. The first-order valence-corrected chi connectivity index (χ1v) is 7.26. The minimum absolute atomic E-state index is 0.0357. The monoisotopic (exact) mass is 334 g/mol. The Balaban J connectivity index is 1.70. The van der Waals surface area contributed by atoms with Crippen molar-refractivity contribution in [3.63, 3.8) is 0 Å². The minimum Gasteiger partial charge on any atom is -0.323 e. The summed E-state index contributed by atoms with van der Waals surface area (Å²) in [6.07, 6.45) is -0.0357. The Bertz CT molecular complexity index is 793. The van der Waals surface area contributed by atoms with Crippen molar-refractivity contribution in [2.45, 2.75) is 6.42 Å². The van der Waals surface area contributed by atoms with Crippen LogP contribution in [0.3, 0.4) is 0 Å². The summed E-state index contributed by atoms with van der Waals surface area (Å²) in [5, 5.41) is 2.36. The summed E-state index contributed by atoms with van der Waals surface area (Å²) in [5.41, 5.74) is 0.346. The first-order valence-electron chi connectivity index (χ1n) is 7.26. The normalized spacial score (nSPS) is 17.2. The molecule has 124 valence electrons. The quantitative estimate of drug-likeness (QED) is 0.938. The van der Waals surface area contributed by atoms with Crippen LogP contribution in [0, 0.1) is 23.4 Å². The van der Waals surface area contributed by atoms with Crippen LogP contribution in [-0.4, -0.2) is 18.4 Å². The van der Waals surface area contributed by atoms with Crippen LogP contribution in [-0.2, 0) is 9.59 Å². The zero-order valence-corrected chi connectivity index (χ0v) is 12.4. The number of hydrogen-bond donors (Lipinski definition) is 1. The molecule has 1 fully saturated rings. The molecular formula is C17H13F3N2O2. The largest absolute Gasteiger partial charge is 0.323 e. The van der Waals surface area contributed by atoms with E-state index in [1.54, 1.807) is 0 Å². The van der Waals surface area contributed by atoms with Gasteiger partial charge < -0.3 is 10.2 Å². The average Bonchev–Trinajstić information content (AvgIpc) is 2.93. The smallest absolute Gasteiger partial charge is 0.229 e. The molecule has 4 nitrogen and oxygen atoms in total. The predicted octanol–water partition coefficient (Wildman–Crippen LogP) is 3.10. The topological polar surface area (TPSA) is 49.4 Å². The molecule has 1 atom stereocenters. The van der Waals surface area contributed by atoms with Crippen LogP contribution in [0.2, 0.25) is 0 Å². The molecule has 0 bridgehead atoms. The van der Waals surface area contributed by atoms with Crippen molar-refractivity contribution in [2.24, 2.45) is 5.92 Å². The Morgan fingerprint density at radius 1 is 1.04 bits per heavy atom. The van der Waals surface area contributed by atoms with Crippen LogP contribution in [0.15, 0.2) is 42.5 Å². The number of nitrogens with one attached hydrogen (secondary N) is 1. The van der Waals surface area contributed by atoms with Gasteiger partial charge in [-0.15, -0.1) is 0 Å². The Morgan fingerprint density at radius 3 is 2.38 bits per heavy atom. The summed E-state index contributed by atoms with van der Waals surface area (Å²) < 4.78 is 39.4. The molecule has 1 aliphatic rings. The molecule has 1 N–H and O–H groups in total. The standard InChI is InChI=1S/C17H13F3N2O2/c18-11-1-4-13(5-2-11)22-9-10(7-16(22)23)17(24)21-15-6-3-12(19)8-14(15)20/h1-6,8,10H,7,9H2,(H,21,24). The van der Waals surface area contributed by atoms with E-state index in [2.05, 4.69) is 5.32 Å². The predicted molar refractivity (Wildman–Crippen MR) is 81.8 cm³/mol. The van der Waals surface area contributed by atoms with E-state index in [-0.39, 0.29) is 24.6 Å². The second-order valence-corrected chi connectivity index (χ2v) is 5.50. The molecule has 24 heavy (non-hydrogen) atoms. The van der Waals surface area contributed by atoms with Gasteiger partial charge in [-0.1, -0.05) is 0 Å². The minimum atomic E-state index is -0.886. The summed E-state index contributed by atoms with van der Waals surface area (Å²) in [5.74, 6) is -3.54. The maximum Gasteiger partial charge on any atom is 0.229 e. The molecule has 0 aliphatic carbocycles. The first-order chi connectivity index (χ1) is 11.4. The van der Waals surface area contributed by atoms with Gasteiger partial charge in [0.2, 0.25) is 11.8 Å². The van der Waals surface area contributed by atoms with Crippen molar-refractivity contribution in [3.8, 4) is 0 Å². The highest BCUT2D eigenvalue weighted by molar-refractivity contribution is 6.03. The van der Waals surface area contributed by atoms with E-state index in [1.165, 1.54) is 29.2 Å². The van der Waals surface area contributed by atoms with Crippen LogP contribution < -0.4 is 10.2 Å². The highest BCUT2D eigenvalue weighted by atomic mass is 19.1. The van der Waals surface area contributed by atoms with Crippen molar-refractivity contribution < 1.29 is 22.8 Å². The van der Waals surface area contributed by atoms with E-state index in [0.29, 0.717) is 11.8 Å². The third-order valence-corrected chi connectivity index (χ3v) is 3.82. The van der Waals surface area contributed by atoms with Gasteiger partial charge in [0.25, 0.3) is 0 Å². The van der Waals surface area contributed by atoms with Crippen LogP contribution in [0.4, 0.5) is 24.5 Å². The molecule has 0 spiro atoms. The van der Waals surface area contributed by atoms with Gasteiger partial charge in [-0.25, -0.2) is 13.2 Å². The lowest BCUT2D eigenvalue weighted by atomic mass is 10.1. The fraction of sp³-hybridized carbons (Fsp3) is 0.176. The third kappa shape index (κ3) is 3.24. The second-order valence-electron chi connectivity index (χ2n) is 5.50. The Kier molecular flexibility index (Phi) is 4.24. The van der Waals surface area contributed by atoms with Crippen molar-refractivity contribution in [1.82, 2.24) is 0 Å². The van der Waals surface area contributed by atoms with E-state index in [0.717, 1.165) is 12.1 Å². The second kappa shape index (κ2) is 6.35. The maximum absolute atomic E-state index is 13.6. The molecule has 0 saturated carbocycles. The number of anilines is 2. The number of halogens is 3. The average molecular weight is 334 g/mol. The molecule has 2 aromatic rings. The van der Waals surface area contributed by atoms with Crippen LogP contribution in [0.25, 0.3) is 0 Å². The van der Waals surface area contributed by atoms with Gasteiger partial charge in [-0.3, -0.25) is 9.59 Å². The van der Waals surface area contributed by atoms with Gasteiger partial charge in [0.05, 0.1) is 11.6 Å². The fourth-order valence-corrected chi connectivity index (χ4v) is 2.58. The number of carbonyl (C=O) groups excluding carboxylic acids is 2. The summed E-state index contributed by atoms with van der Waals surface area (Å²) in [4.78, 5) is 25.7. The van der Waals surface area contributed by atoms with Gasteiger partial charge >= 0.3 is 0 Å². The molecule has 2 amide bonds. The molecule has 2 aromatic carbocycles. The molecule has 0 aromatic heterocycles. The number of nitrogens with zero attached hydrogens (tertiary/aromatic N) is 1. The van der Waals surface area contributed by atoms with Crippen molar-refractivity contribution in [3.05, 3.63) is 59.9 Å². The molecule has 1 aliphatic heterocycles. The van der Waals surface area contributed by atoms with Gasteiger partial charge in [0.1, 0.15) is 17.5 Å². The highest BCUT2D eigenvalue weighted by Gasteiger charge is 2.35. The number of hydrogen-bond acceptors (Lipinski definition) is 2. The van der Waals surface area contributed by atoms with E-state index >= 15 is 0 Å².